The minimum atomic E-state index is 0.0363. The van der Waals surface area contributed by atoms with E-state index >= 15 is 0 Å². The molecule has 0 aliphatic carbocycles. The molecule has 0 saturated carbocycles. The number of rotatable bonds is 4. The third-order valence-corrected chi connectivity index (χ3v) is 2.58. The third kappa shape index (κ3) is 2.24. The first-order valence-electron chi connectivity index (χ1n) is 5.35. The summed E-state index contributed by atoms with van der Waals surface area (Å²) >= 11 is 0. The number of aromatic nitrogens is 1. The molecule has 76 valence electrons. The number of hydrogen-bond donors (Lipinski definition) is 2. The maximum absolute atomic E-state index is 5.94. The van der Waals surface area contributed by atoms with Crippen molar-refractivity contribution in [2.45, 2.75) is 19.3 Å². The van der Waals surface area contributed by atoms with Gasteiger partial charge in [-0.15, -0.1) is 0 Å². The van der Waals surface area contributed by atoms with Crippen molar-refractivity contribution >= 4 is 18.7 Å². The van der Waals surface area contributed by atoms with Gasteiger partial charge in [0, 0.05) is 17.1 Å². The van der Waals surface area contributed by atoms with Crippen molar-refractivity contribution in [3.63, 3.8) is 0 Å². The molecule has 0 fully saturated rings. The second-order valence-electron chi connectivity index (χ2n) is 3.73. The number of aromatic amines is 1. The highest BCUT2D eigenvalue weighted by molar-refractivity contribution is 6.12. The zero-order valence-corrected chi connectivity index (χ0v) is 8.96. The molecule has 0 bridgehead atoms. The average Bonchev–Trinajstić information content (AvgIpc) is 2.62. The molecule has 2 radical (unpaired) electrons. The molecule has 0 spiro atoms. The summed E-state index contributed by atoms with van der Waals surface area (Å²) in [6, 6.07) is 8.29. The van der Waals surface area contributed by atoms with Gasteiger partial charge in [-0.2, -0.15) is 0 Å². The second-order valence-corrected chi connectivity index (χ2v) is 3.73. The molecule has 1 atom stereocenters. The zero-order chi connectivity index (χ0) is 10.7. The molecule has 0 aliphatic heterocycles. The Hall–Kier alpha value is -1.22. The summed E-state index contributed by atoms with van der Waals surface area (Å²) in [4.78, 5) is 3.25. The van der Waals surface area contributed by atoms with Crippen LogP contribution in [-0.2, 0) is 6.42 Å². The summed E-state index contributed by atoms with van der Waals surface area (Å²) < 4.78 is 0. The van der Waals surface area contributed by atoms with E-state index in [1.54, 1.807) is 0 Å². The molecular formula is C12H15BN2. The lowest BCUT2D eigenvalue weighted by molar-refractivity contribution is 0.664. The predicted molar refractivity (Wildman–Crippen MR) is 65.2 cm³/mol. The predicted octanol–water partition coefficient (Wildman–Crippen LogP) is 1.81. The fourth-order valence-corrected chi connectivity index (χ4v) is 1.87. The number of fused-ring (bicyclic) bond motifs is 1. The minimum Gasteiger partial charge on any atom is -0.361 e. The summed E-state index contributed by atoms with van der Waals surface area (Å²) in [6.45, 7) is 2.97. The number of nitrogens with one attached hydrogen (secondary N) is 2. The Labute approximate surface area is 91.5 Å². The molecule has 1 heterocycles. The van der Waals surface area contributed by atoms with Crippen LogP contribution in [-0.4, -0.2) is 25.3 Å². The molecule has 3 heteroatoms. The molecular weight excluding hydrogens is 183 g/mol. The van der Waals surface area contributed by atoms with Crippen LogP contribution in [0.4, 0.5) is 0 Å². The Morgan fingerprint density at radius 2 is 2.20 bits per heavy atom. The first-order valence-corrected chi connectivity index (χ1v) is 5.35. The largest absolute Gasteiger partial charge is 0.361 e. The van der Waals surface area contributed by atoms with Crippen LogP contribution in [0.15, 0.2) is 30.5 Å². The van der Waals surface area contributed by atoms with Crippen LogP contribution in [0, 0.1) is 0 Å². The van der Waals surface area contributed by atoms with Crippen molar-refractivity contribution in [1.82, 2.24) is 10.3 Å². The monoisotopic (exact) mass is 198 g/mol. The first-order chi connectivity index (χ1) is 7.31. The van der Waals surface area contributed by atoms with E-state index in [9.17, 15) is 0 Å². The Morgan fingerprint density at radius 1 is 1.40 bits per heavy atom. The summed E-state index contributed by atoms with van der Waals surface area (Å²) in [5, 5.41) is 4.48. The van der Waals surface area contributed by atoms with Crippen molar-refractivity contribution < 1.29 is 0 Å². The number of para-hydroxylation sites is 1. The van der Waals surface area contributed by atoms with Gasteiger partial charge in [-0.3, -0.25) is 0 Å². The molecule has 2 nitrogen and oxygen atoms in total. The van der Waals surface area contributed by atoms with E-state index in [4.69, 9.17) is 7.85 Å². The van der Waals surface area contributed by atoms with E-state index in [-0.39, 0.29) is 5.94 Å². The fourth-order valence-electron chi connectivity index (χ4n) is 1.87. The van der Waals surface area contributed by atoms with Gasteiger partial charge in [-0.05, 0) is 30.5 Å². The lowest BCUT2D eigenvalue weighted by atomic mass is 9.89. The number of benzene rings is 1. The maximum atomic E-state index is 5.94. The highest BCUT2D eigenvalue weighted by atomic mass is 14.9. The van der Waals surface area contributed by atoms with E-state index in [0.717, 1.165) is 13.0 Å². The summed E-state index contributed by atoms with van der Waals surface area (Å²) in [6.07, 6.45) is 2.90. The lowest BCUT2D eigenvalue weighted by Crippen LogP contribution is -2.30. The van der Waals surface area contributed by atoms with Gasteiger partial charge in [0.1, 0.15) is 0 Å². The van der Waals surface area contributed by atoms with Gasteiger partial charge in [-0.25, -0.2) is 0 Å². The quantitative estimate of drug-likeness (QED) is 0.720. The molecule has 0 saturated heterocycles. The Balaban J connectivity index is 2.21. The van der Waals surface area contributed by atoms with Gasteiger partial charge in [0.25, 0.3) is 0 Å². The molecule has 1 aromatic heterocycles. The van der Waals surface area contributed by atoms with Crippen molar-refractivity contribution in [3.05, 3.63) is 36.0 Å². The highest BCUT2D eigenvalue weighted by Gasteiger charge is 2.06. The van der Waals surface area contributed by atoms with E-state index in [1.165, 1.54) is 16.5 Å². The normalized spacial score (nSPS) is 13.1. The van der Waals surface area contributed by atoms with Crippen LogP contribution < -0.4 is 5.32 Å². The Bertz CT molecular complexity index is 436. The van der Waals surface area contributed by atoms with Gasteiger partial charge in [0.05, 0.1) is 7.85 Å². The Kier molecular flexibility index (Phi) is 3.12. The first kappa shape index (κ1) is 10.3. The van der Waals surface area contributed by atoms with Crippen molar-refractivity contribution in [3.8, 4) is 0 Å². The topological polar surface area (TPSA) is 27.8 Å². The van der Waals surface area contributed by atoms with E-state index in [1.807, 2.05) is 12.3 Å². The fraction of sp³-hybridized carbons (Fsp3) is 0.333. The lowest BCUT2D eigenvalue weighted by Gasteiger charge is -2.11. The number of hydrogen-bond acceptors (Lipinski definition) is 1. The summed E-state index contributed by atoms with van der Waals surface area (Å²) in [5.41, 5.74) is 2.45. The molecule has 0 aliphatic rings. The van der Waals surface area contributed by atoms with Crippen LogP contribution >= 0.6 is 0 Å². The molecule has 0 amide bonds. The summed E-state index contributed by atoms with van der Waals surface area (Å²) in [7, 11) is 5.94. The summed E-state index contributed by atoms with van der Waals surface area (Å²) in [5.74, 6) is 0.0363. The van der Waals surface area contributed by atoms with Crippen LogP contribution in [0.3, 0.4) is 0 Å². The molecule has 1 aromatic carbocycles. The number of H-pyrrole nitrogens is 1. The highest BCUT2D eigenvalue weighted by Crippen LogP contribution is 2.18. The Morgan fingerprint density at radius 3 is 3.00 bits per heavy atom. The van der Waals surface area contributed by atoms with Gasteiger partial charge in [0.2, 0.25) is 0 Å². The minimum absolute atomic E-state index is 0.0363. The van der Waals surface area contributed by atoms with Gasteiger partial charge in [0.15, 0.2) is 0 Å². The molecule has 2 N–H and O–H groups in total. The van der Waals surface area contributed by atoms with Crippen LogP contribution in [0.2, 0.25) is 0 Å². The molecule has 2 rings (SSSR count). The van der Waals surface area contributed by atoms with Gasteiger partial charge >= 0.3 is 0 Å². The maximum Gasteiger partial charge on any atom is 0.0911 e. The van der Waals surface area contributed by atoms with E-state index in [0.29, 0.717) is 0 Å². The average molecular weight is 198 g/mol. The zero-order valence-electron chi connectivity index (χ0n) is 8.96. The molecule has 15 heavy (non-hydrogen) atoms. The van der Waals surface area contributed by atoms with E-state index in [2.05, 4.69) is 35.4 Å². The molecule has 0 unspecified atom stereocenters. The second kappa shape index (κ2) is 4.54. The van der Waals surface area contributed by atoms with E-state index < -0.39 is 0 Å². The SMILES string of the molecule is [B][C@@H](Cc1c[nH]c2ccccc12)NCC. The number of likely N-dealkylation sites (N-methyl/N-ethyl adjacent to an activating group) is 1. The smallest absolute Gasteiger partial charge is 0.0911 e. The third-order valence-electron chi connectivity index (χ3n) is 2.58. The van der Waals surface area contributed by atoms with Crippen LogP contribution in [0.1, 0.15) is 12.5 Å². The van der Waals surface area contributed by atoms with Crippen molar-refractivity contribution in [2.75, 3.05) is 6.54 Å². The standard InChI is InChI=1S/C12H15BN2/c1-2-14-12(13)7-9-8-15-11-6-4-3-5-10(9)11/h3-6,8,12,14-15H,2,7H2,1H3/t12-/m1/s1. The van der Waals surface area contributed by atoms with Crippen molar-refractivity contribution in [2.24, 2.45) is 0 Å². The van der Waals surface area contributed by atoms with Crippen LogP contribution in [0.25, 0.3) is 10.9 Å². The van der Waals surface area contributed by atoms with Crippen LogP contribution in [0.5, 0.6) is 0 Å². The van der Waals surface area contributed by atoms with Gasteiger partial charge in [-0.1, -0.05) is 25.1 Å². The van der Waals surface area contributed by atoms with Gasteiger partial charge < -0.3 is 10.3 Å². The van der Waals surface area contributed by atoms with Crippen molar-refractivity contribution in [1.29, 1.82) is 0 Å². The molecule has 2 aromatic rings.